The predicted molar refractivity (Wildman–Crippen MR) is 85.7 cm³/mol. The first kappa shape index (κ1) is 14.3. The van der Waals surface area contributed by atoms with Crippen LogP contribution < -0.4 is 0 Å². The maximum absolute atomic E-state index is 12.5. The molecule has 4 nitrogen and oxygen atoms in total. The molecule has 0 saturated carbocycles. The maximum Gasteiger partial charge on any atom is 0.255 e. The number of furan rings is 1. The summed E-state index contributed by atoms with van der Waals surface area (Å²) in [6.45, 7) is 3.85. The number of rotatable bonds is 3. The molecule has 112 valence electrons. The number of hydrogen-bond acceptors (Lipinski definition) is 3. The molecule has 0 N–H and O–H groups in total. The third-order valence-electron chi connectivity index (χ3n) is 3.92. The number of benzene rings is 1. The largest absolute Gasteiger partial charge is 0.459 e. The fourth-order valence-corrected chi connectivity index (χ4v) is 2.37. The molecule has 2 aromatic heterocycles. The van der Waals surface area contributed by atoms with Crippen molar-refractivity contribution in [3.05, 3.63) is 65.7 Å². The number of amides is 1. The van der Waals surface area contributed by atoms with Gasteiger partial charge in [0.2, 0.25) is 0 Å². The molecule has 3 rings (SSSR count). The van der Waals surface area contributed by atoms with Crippen LogP contribution in [-0.4, -0.2) is 22.8 Å². The minimum absolute atomic E-state index is 0.0690. The lowest BCUT2D eigenvalue weighted by Crippen LogP contribution is -2.29. The van der Waals surface area contributed by atoms with E-state index in [2.05, 4.69) is 4.98 Å². The summed E-state index contributed by atoms with van der Waals surface area (Å²) in [5.41, 5.74) is 2.31. The van der Waals surface area contributed by atoms with Gasteiger partial charge in [0, 0.05) is 24.3 Å². The minimum atomic E-state index is -0.152. The van der Waals surface area contributed by atoms with E-state index in [1.807, 2.05) is 50.2 Å². The Morgan fingerprint density at radius 3 is 2.68 bits per heavy atom. The Morgan fingerprint density at radius 2 is 2.00 bits per heavy atom. The van der Waals surface area contributed by atoms with E-state index < -0.39 is 0 Å². The average molecular weight is 294 g/mol. The van der Waals surface area contributed by atoms with Crippen LogP contribution in [0.3, 0.4) is 0 Å². The van der Waals surface area contributed by atoms with E-state index in [0.29, 0.717) is 5.56 Å². The molecular weight excluding hydrogens is 276 g/mol. The summed E-state index contributed by atoms with van der Waals surface area (Å²) in [5.74, 6) is 0.706. The summed E-state index contributed by atoms with van der Waals surface area (Å²) in [4.78, 5) is 18.4. The van der Waals surface area contributed by atoms with Gasteiger partial charge in [0.25, 0.3) is 5.91 Å². The summed E-state index contributed by atoms with van der Waals surface area (Å²) < 4.78 is 5.85. The molecule has 22 heavy (non-hydrogen) atoms. The molecule has 1 atom stereocenters. The first-order valence-electron chi connectivity index (χ1n) is 7.24. The standard InChI is InChI=1S/C18H18N2O2/c1-12-8-9-15(11-19-12)18(21)20(3)13(2)17-10-14-6-4-5-7-16(14)22-17/h4-11,13H,1-3H3. The van der Waals surface area contributed by atoms with E-state index in [-0.39, 0.29) is 11.9 Å². The van der Waals surface area contributed by atoms with Gasteiger partial charge in [-0.3, -0.25) is 9.78 Å². The van der Waals surface area contributed by atoms with Crippen LogP contribution in [0, 0.1) is 6.92 Å². The van der Waals surface area contributed by atoms with Crippen molar-refractivity contribution in [2.75, 3.05) is 7.05 Å². The average Bonchev–Trinajstić information content (AvgIpc) is 2.97. The summed E-state index contributed by atoms with van der Waals surface area (Å²) in [6, 6.07) is 13.3. The van der Waals surface area contributed by atoms with Crippen molar-refractivity contribution in [2.24, 2.45) is 0 Å². The molecule has 4 heteroatoms. The molecule has 0 aliphatic heterocycles. The fourth-order valence-electron chi connectivity index (χ4n) is 2.37. The number of hydrogen-bond donors (Lipinski definition) is 0. The van der Waals surface area contributed by atoms with E-state index in [9.17, 15) is 4.79 Å². The van der Waals surface area contributed by atoms with Crippen molar-refractivity contribution < 1.29 is 9.21 Å². The van der Waals surface area contributed by atoms with E-state index in [0.717, 1.165) is 22.4 Å². The van der Waals surface area contributed by atoms with Gasteiger partial charge in [0.05, 0.1) is 11.6 Å². The van der Waals surface area contributed by atoms with Gasteiger partial charge in [-0.1, -0.05) is 18.2 Å². The van der Waals surface area contributed by atoms with Gasteiger partial charge in [-0.25, -0.2) is 0 Å². The number of fused-ring (bicyclic) bond motifs is 1. The zero-order valence-corrected chi connectivity index (χ0v) is 12.9. The molecule has 0 saturated heterocycles. The Balaban J connectivity index is 1.85. The fraction of sp³-hybridized carbons (Fsp3) is 0.222. The summed E-state index contributed by atoms with van der Waals surface area (Å²) >= 11 is 0. The smallest absolute Gasteiger partial charge is 0.255 e. The number of carbonyl (C=O) groups excluding carboxylic acids is 1. The predicted octanol–water partition coefficient (Wildman–Crippen LogP) is 3.97. The van der Waals surface area contributed by atoms with E-state index in [1.165, 1.54) is 0 Å². The second kappa shape index (κ2) is 5.64. The van der Waals surface area contributed by atoms with Crippen LogP contribution in [0.4, 0.5) is 0 Å². The molecule has 1 aromatic carbocycles. The highest BCUT2D eigenvalue weighted by molar-refractivity contribution is 5.94. The Bertz CT molecular complexity index is 772. The molecule has 3 aromatic rings. The van der Waals surface area contributed by atoms with Crippen LogP contribution in [-0.2, 0) is 0 Å². The molecule has 0 spiro atoms. The lowest BCUT2D eigenvalue weighted by atomic mass is 10.1. The van der Waals surface area contributed by atoms with Gasteiger partial charge in [0.1, 0.15) is 11.3 Å². The van der Waals surface area contributed by atoms with E-state index >= 15 is 0 Å². The molecule has 0 fully saturated rings. The number of aromatic nitrogens is 1. The van der Waals surface area contributed by atoms with Crippen molar-refractivity contribution in [3.63, 3.8) is 0 Å². The third kappa shape index (κ3) is 2.60. The number of pyridine rings is 1. The Kier molecular flexibility index (Phi) is 3.67. The van der Waals surface area contributed by atoms with Gasteiger partial charge in [-0.05, 0) is 38.1 Å². The molecule has 0 aliphatic carbocycles. The summed E-state index contributed by atoms with van der Waals surface area (Å²) in [7, 11) is 1.78. The molecule has 0 radical (unpaired) electrons. The second-order valence-corrected chi connectivity index (χ2v) is 5.47. The summed E-state index contributed by atoms with van der Waals surface area (Å²) in [6.07, 6.45) is 1.61. The van der Waals surface area contributed by atoms with Gasteiger partial charge in [0.15, 0.2) is 0 Å². The zero-order valence-electron chi connectivity index (χ0n) is 12.9. The quantitative estimate of drug-likeness (QED) is 0.734. The van der Waals surface area contributed by atoms with Crippen molar-refractivity contribution in [1.29, 1.82) is 0 Å². The Morgan fingerprint density at radius 1 is 1.23 bits per heavy atom. The molecule has 0 aliphatic rings. The second-order valence-electron chi connectivity index (χ2n) is 5.47. The topological polar surface area (TPSA) is 46.3 Å². The van der Waals surface area contributed by atoms with Gasteiger partial charge in [-0.15, -0.1) is 0 Å². The lowest BCUT2D eigenvalue weighted by molar-refractivity contribution is 0.0727. The lowest BCUT2D eigenvalue weighted by Gasteiger charge is -2.23. The third-order valence-corrected chi connectivity index (χ3v) is 3.92. The van der Waals surface area contributed by atoms with Gasteiger partial charge >= 0.3 is 0 Å². The Labute approximate surface area is 129 Å². The SMILES string of the molecule is Cc1ccc(C(=O)N(C)C(C)c2cc3ccccc3o2)cn1. The van der Waals surface area contributed by atoms with Crippen LogP contribution in [0.15, 0.2) is 53.1 Å². The highest BCUT2D eigenvalue weighted by Gasteiger charge is 2.22. The van der Waals surface area contributed by atoms with Gasteiger partial charge < -0.3 is 9.32 Å². The van der Waals surface area contributed by atoms with E-state index in [4.69, 9.17) is 4.42 Å². The highest BCUT2D eigenvalue weighted by Crippen LogP contribution is 2.27. The highest BCUT2D eigenvalue weighted by atomic mass is 16.3. The molecule has 0 bridgehead atoms. The molecule has 1 unspecified atom stereocenters. The molecule has 2 heterocycles. The van der Waals surface area contributed by atoms with Crippen LogP contribution >= 0.6 is 0 Å². The normalized spacial score (nSPS) is 12.3. The van der Waals surface area contributed by atoms with Crippen LogP contribution in [0.2, 0.25) is 0 Å². The van der Waals surface area contributed by atoms with Gasteiger partial charge in [-0.2, -0.15) is 0 Å². The first-order valence-corrected chi connectivity index (χ1v) is 7.24. The monoisotopic (exact) mass is 294 g/mol. The molecule has 1 amide bonds. The van der Waals surface area contributed by atoms with E-state index in [1.54, 1.807) is 24.2 Å². The van der Waals surface area contributed by atoms with Crippen LogP contribution in [0.5, 0.6) is 0 Å². The van der Waals surface area contributed by atoms with Crippen molar-refractivity contribution in [2.45, 2.75) is 19.9 Å². The summed E-state index contributed by atoms with van der Waals surface area (Å²) in [5, 5.41) is 1.04. The zero-order chi connectivity index (χ0) is 15.7. The number of carbonyl (C=O) groups is 1. The first-order chi connectivity index (χ1) is 10.6. The Hall–Kier alpha value is -2.62. The minimum Gasteiger partial charge on any atom is -0.459 e. The molecular formula is C18H18N2O2. The van der Waals surface area contributed by atoms with Crippen molar-refractivity contribution in [3.8, 4) is 0 Å². The number of nitrogens with zero attached hydrogens (tertiary/aromatic N) is 2. The van der Waals surface area contributed by atoms with Crippen molar-refractivity contribution >= 4 is 16.9 Å². The van der Waals surface area contributed by atoms with Crippen LogP contribution in [0.1, 0.15) is 34.8 Å². The number of aryl methyl sites for hydroxylation is 1. The van der Waals surface area contributed by atoms with Crippen LogP contribution in [0.25, 0.3) is 11.0 Å². The number of para-hydroxylation sites is 1. The van der Waals surface area contributed by atoms with Crippen molar-refractivity contribution in [1.82, 2.24) is 9.88 Å². The maximum atomic E-state index is 12.5.